The molecular weight excluding hydrogens is 257 g/mol. The zero-order valence-electron chi connectivity index (χ0n) is 10.3. The average molecular weight is 270 g/mol. The first kappa shape index (κ1) is 13.5. The normalized spacial score (nSPS) is 11.8. The van der Waals surface area contributed by atoms with Gasteiger partial charge in [-0.05, 0) is 24.7 Å². The maximum atomic E-state index is 12.4. The van der Waals surface area contributed by atoms with Crippen LogP contribution in [0.15, 0.2) is 30.5 Å². The molecule has 0 aliphatic heterocycles. The summed E-state index contributed by atoms with van der Waals surface area (Å²) in [4.78, 5) is 0. The van der Waals surface area contributed by atoms with Gasteiger partial charge in [-0.25, -0.2) is 4.68 Å². The van der Waals surface area contributed by atoms with Gasteiger partial charge in [0, 0.05) is 6.54 Å². The Kier molecular flexibility index (Phi) is 3.84. The summed E-state index contributed by atoms with van der Waals surface area (Å²) < 4.78 is 38.8. The first-order chi connectivity index (χ1) is 8.99. The molecule has 0 saturated heterocycles. The quantitative estimate of drug-likeness (QED) is 0.924. The third-order valence-corrected chi connectivity index (χ3v) is 2.57. The number of hydrogen-bond donors (Lipinski definition) is 1. The molecule has 0 spiro atoms. The van der Waals surface area contributed by atoms with Gasteiger partial charge >= 0.3 is 6.18 Å². The third kappa shape index (κ3) is 3.54. The van der Waals surface area contributed by atoms with Gasteiger partial charge in [0.2, 0.25) is 0 Å². The van der Waals surface area contributed by atoms with Crippen molar-refractivity contribution in [1.29, 1.82) is 0 Å². The fourth-order valence-electron chi connectivity index (χ4n) is 1.66. The highest BCUT2D eigenvalue weighted by molar-refractivity contribution is 5.24. The Hall–Kier alpha value is -1.89. The lowest BCUT2D eigenvalue weighted by Gasteiger charge is -2.07. The Morgan fingerprint density at radius 3 is 2.47 bits per heavy atom. The second-order valence-corrected chi connectivity index (χ2v) is 4.13. The Morgan fingerprint density at radius 2 is 1.89 bits per heavy atom. The van der Waals surface area contributed by atoms with Crippen molar-refractivity contribution in [3.63, 3.8) is 0 Å². The van der Waals surface area contributed by atoms with E-state index in [1.807, 2.05) is 0 Å². The summed E-state index contributed by atoms with van der Waals surface area (Å²) in [6.45, 7) is 1.00. The molecule has 2 aromatic rings. The van der Waals surface area contributed by atoms with E-state index in [0.717, 1.165) is 23.4 Å². The van der Waals surface area contributed by atoms with Gasteiger partial charge in [-0.3, -0.25) is 0 Å². The Bertz CT molecular complexity index is 531. The van der Waals surface area contributed by atoms with Crippen LogP contribution in [0.1, 0.15) is 16.8 Å². The number of nitrogens with zero attached hydrogens (tertiary/aromatic N) is 3. The van der Waals surface area contributed by atoms with E-state index in [9.17, 15) is 13.2 Å². The van der Waals surface area contributed by atoms with E-state index in [1.54, 1.807) is 17.9 Å². The van der Waals surface area contributed by atoms with Gasteiger partial charge < -0.3 is 5.32 Å². The molecule has 1 heterocycles. The van der Waals surface area contributed by atoms with Crippen LogP contribution in [-0.2, 0) is 19.3 Å². The fourth-order valence-corrected chi connectivity index (χ4v) is 1.66. The molecule has 1 N–H and O–H groups in total. The highest BCUT2D eigenvalue weighted by Crippen LogP contribution is 2.29. The zero-order valence-corrected chi connectivity index (χ0v) is 10.3. The van der Waals surface area contributed by atoms with E-state index in [4.69, 9.17) is 0 Å². The molecule has 0 aliphatic carbocycles. The molecule has 0 atom stereocenters. The zero-order chi connectivity index (χ0) is 13.9. The molecule has 2 rings (SSSR count). The molecule has 7 heteroatoms. The standard InChI is InChI=1S/C12H13F3N4/c1-16-6-11-8-19(18-17-11)7-9-2-4-10(5-3-9)12(13,14)15/h2-5,8,16H,6-7H2,1H3. The van der Waals surface area contributed by atoms with E-state index >= 15 is 0 Å². The van der Waals surface area contributed by atoms with Crippen molar-refractivity contribution >= 4 is 0 Å². The van der Waals surface area contributed by atoms with Crippen molar-refractivity contribution in [2.24, 2.45) is 0 Å². The van der Waals surface area contributed by atoms with Gasteiger partial charge in [-0.2, -0.15) is 13.2 Å². The summed E-state index contributed by atoms with van der Waals surface area (Å²) in [5, 5.41) is 10.8. The van der Waals surface area contributed by atoms with Crippen LogP contribution < -0.4 is 5.32 Å². The number of alkyl halides is 3. The minimum absolute atomic E-state index is 0.398. The van der Waals surface area contributed by atoms with Crippen LogP contribution in [0, 0.1) is 0 Å². The van der Waals surface area contributed by atoms with Gasteiger partial charge in [0.1, 0.15) is 0 Å². The van der Waals surface area contributed by atoms with E-state index in [1.165, 1.54) is 12.1 Å². The number of nitrogens with one attached hydrogen (secondary N) is 1. The molecule has 0 saturated carbocycles. The summed E-state index contributed by atoms with van der Waals surface area (Å²) in [5.41, 5.74) is 0.883. The second kappa shape index (κ2) is 5.40. The first-order valence-corrected chi connectivity index (χ1v) is 5.69. The molecule has 0 aliphatic rings. The molecule has 1 aromatic carbocycles. The highest BCUT2D eigenvalue weighted by Gasteiger charge is 2.29. The molecule has 19 heavy (non-hydrogen) atoms. The van der Waals surface area contributed by atoms with E-state index in [-0.39, 0.29) is 0 Å². The molecule has 0 bridgehead atoms. The SMILES string of the molecule is CNCc1cn(Cc2ccc(C(F)(F)F)cc2)nn1. The van der Waals surface area contributed by atoms with E-state index < -0.39 is 11.7 Å². The van der Waals surface area contributed by atoms with Crippen LogP contribution in [0.3, 0.4) is 0 Å². The number of rotatable bonds is 4. The molecule has 0 radical (unpaired) electrons. The fraction of sp³-hybridized carbons (Fsp3) is 0.333. The Balaban J connectivity index is 2.06. The van der Waals surface area contributed by atoms with E-state index in [2.05, 4.69) is 15.6 Å². The number of aromatic nitrogens is 3. The lowest BCUT2D eigenvalue weighted by Crippen LogP contribution is -2.06. The summed E-state index contributed by atoms with van der Waals surface area (Å²) in [7, 11) is 1.80. The molecule has 1 aromatic heterocycles. The van der Waals surface area contributed by atoms with E-state index in [0.29, 0.717) is 13.1 Å². The number of halogens is 3. The van der Waals surface area contributed by atoms with Gasteiger partial charge in [-0.15, -0.1) is 5.10 Å². The molecule has 0 amide bonds. The van der Waals surface area contributed by atoms with Gasteiger partial charge in [0.15, 0.2) is 0 Å². The predicted molar refractivity (Wildman–Crippen MR) is 63.3 cm³/mol. The summed E-state index contributed by atoms with van der Waals surface area (Å²) in [5.74, 6) is 0. The lowest BCUT2D eigenvalue weighted by molar-refractivity contribution is -0.137. The Labute approximate surface area is 108 Å². The number of benzene rings is 1. The minimum atomic E-state index is -4.30. The average Bonchev–Trinajstić information content (AvgIpc) is 2.77. The second-order valence-electron chi connectivity index (χ2n) is 4.13. The number of hydrogen-bond acceptors (Lipinski definition) is 3. The van der Waals surface area contributed by atoms with Crippen LogP contribution in [0.25, 0.3) is 0 Å². The minimum Gasteiger partial charge on any atom is -0.314 e. The summed E-state index contributed by atoms with van der Waals surface area (Å²) in [6, 6.07) is 5.03. The van der Waals surface area contributed by atoms with Crippen LogP contribution in [0.2, 0.25) is 0 Å². The van der Waals surface area contributed by atoms with Crippen molar-refractivity contribution in [1.82, 2.24) is 20.3 Å². The van der Waals surface area contributed by atoms with Crippen molar-refractivity contribution in [3.05, 3.63) is 47.3 Å². The lowest BCUT2D eigenvalue weighted by atomic mass is 10.1. The van der Waals surface area contributed by atoms with Crippen LogP contribution in [-0.4, -0.2) is 22.0 Å². The summed E-state index contributed by atoms with van der Waals surface area (Å²) >= 11 is 0. The topological polar surface area (TPSA) is 42.7 Å². The molecule has 0 unspecified atom stereocenters. The summed E-state index contributed by atoms with van der Waals surface area (Å²) in [6.07, 6.45) is -2.54. The first-order valence-electron chi connectivity index (χ1n) is 5.69. The van der Waals surface area contributed by atoms with Gasteiger partial charge in [0.25, 0.3) is 0 Å². The van der Waals surface area contributed by atoms with Crippen LogP contribution >= 0.6 is 0 Å². The van der Waals surface area contributed by atoms with Gasteiger partial charge in [-0.1, -0.05) is 17.3 Å². The maximum absolute atomic E-state index is 12.4. The highest BCUT2D eigenvalue weighted by atomic mass is 19.4. The molecule has 4 nitrogen and oxygen atoms in total. The monoisotopic (exact) mass is 270 g/mol. The van der Waals surface area contributed by atoms with Crippen molar-refractivity contribution in [2.45, 2.75) is 19.3 Å². The largest absolute Gasteiger partial charge is 0.416 e. The molecule has 0 fully saturated rings. The van der Waals surface area contributed by atoms with Crippen molar-refractivity contribution < 1.29 is 13.2 Å². The molecule has 102 valence electrons. The smallest absolute Gasteiger partial charge is 0.314 e. The maximum Gasteiger partial charge on any atom is 0.416 e. The van der Waals surface area contributed by atoms with Crippen LogP contribution in [0.5, 0.6) is 0 Å². The molecular formula is C12H13F3N4. The Morgan fingerprint density at radius 1 is 1.21 bits per heavy atom. The predicted octanol–water partition coefficient (Wildman–Crippen LogP) is 2.06. The third-order valence-electron chi connectivity index (χ3n) is 2.57. The van der Waals surface area contributed by atoms with Crippen molar-refractivity contribution in [2.75, 3.05) is 7.05 Å². The van der Waals surface area contributed by atoms with Gasteiger partial charge in [0.05, 0.1) is 24.0 Å². The van der Waals surface area contributed by atoms with Crippen LogP contribution in [0.4, 0.5) is 13.2 Å². The van der Waals surface area contributed by atoms with Crippen molar-refractivity contribution in [3.8, 4) is 0 Å².